The molecule has 0 spiro atoms. The fourth-order valence-corrected chi connectivity index (χ4v) is 4.24. The van der Waals surface area contributed by atoms with Gasteiger partial charge in [0, 0.05) is 29.6 Å². The summed E-state index contributed by atoms with van der Waals surface area (Å²) in [7, 11) is 0. The SMILES string of the molecule is CCc1nc(C)c2c(C)c(C(=O)NCc3ccc(C(=O)NCC(N)=O)cc3)sc2n1. The molecule has 30 heavy (non-hydrogen) atoms. The van der Waals surface area contributed by atoms with Crippen LogP contribution < -0.4 is 16.4 Å². The number of rotatable bonds is 7. The summed E-state index contributed by atoms with van der Waals surface area (Å²) >= 11 is 1.37. The summed E-state index contributed by atoms with van der Waals surface area (Å²) in [6.45, 7) is 5.96. The molecule has 0 unspecified atom stereocenters. The van der Waals surface area contributed by atoms with Gasteiger partial charge >= 0.3 is 0 Å². The van der Waals surface area contributed by atoms with E-state index in [9.17, 15) is 14.4 Å². The third-order valence-electron chi connectivity index (χ3n) is 4.63. The van der Waals surface area contributed by atoms with Crippen molar-refractivity contribution in [1.29, 1.82) is 0 Å². The van der Waals surface area contributed by atoms with E-state index in [1.165, 1.54) is 11.3 Å². The molecule has 2 heterocycles. The molecule has 2 aromatic heterocycles. The standard InChI is InChI=1S/C21H23N5O3S/c1-4-16-25-12(3)17-11(2)18(30-21(17)26-16)20(29)23-9-13-5-7-14(8-6-13)19(28)24-10-15(22)27/h5-8H,4,9-10H2,1-3H3,(H2,22,27)(H,23,29)(H,24,28). The minimum Gasteiger partial charge on any atom is -0.368 e. The maximum absolute atomic E-state index is 12.7. The number of aromatic nitrogens is 2. The minimum absolute atomic E-state index is 0.170. The number of aryl methyl sites for hydroxylation is 3. The van der Waals surface area contributed by atoms with Crippen LogP contribution in [0.2, 0.25) is 0 Å². The van der Waals surface area contributed by atoms with Crippen molar-refractivity contribution >= 4 is 39.3 Å². The summed E-state index contributed by atoms with van der Waals surface area (Å²) in [5.74, 6) is -0.385. The molecule has 0 fully saturated rings. The first-order valence-corrected chi connectivity index (χ1v) is 10.3. The summed E-state index contributed by atoms with van der Waals surface area (Å²) in [4.78, 5) is 45.9. The number of carbonyl (C=O) groups is 3. The van der Waals surface area contributed by atoms with Crippen LogP contribution in [0.1, 0.15) is 49.6 Å². The van der Waals surface area contributed by atoms with Gasteiger partial charge < -0.3 is 16.4 Å². The maximum atomic E-state index is 12.7. The fourth-order valence-electron chi connectivity index (χ4n) is 3.08. The first-order valence-electron chi connectivity index (χ1n) is 9.50. The monoisotopic (exact) mass is 425 g/mol. The van der Waals surface area contributed by atoms with Gasteiger partial charge in [-0.2, -0.15) is 0 Å². The highest BCUT2D eigenvalue weighted by Gasteiger charge is 2.19. The molecular weight excluding hydrogens is 402 g/mol. The Morgan fingerprint density at radius 2 is 1.73 bits per heavy atom. The van der Waals surface area contributed by atoms with E-state index >= 15 is 0 Å². The molecule has 0 aliphatic carbocycles. The molecule has 1 aromatic carbocycles. The molecule has 156 valence electrons. The van der Waals surface area contributed by atoms with Crippen molar-refractivity contribution in [1.82, 2.24) is 20.6 Å². The van der Waals surface area contributed by atoms with Crippen LogP contribution in [-0.2, 0) is 17.8 Å². The van der Waals surface area contributed by atoms with Gasteiger partial charge in [0.15, 0.2) is 0 Å². The summed E-state index contributed by atoms with van der Waals surface area (Å²) in [5.41, 5.74) is 8.04. The van der Waals surface area contributed by atoms with Crippen LogP contribution in [0.5, 0.6) is 0 Å². The lowest BCUT2D eigenvalue weighted by atomic mass is 10.1. The van der Waals surface area contributed by atoms with E-state index in [-0.39, 0.29) is 18.4 Å². The highest BCUT2D eigenvalue weighted by Crippen LogP contribution is 2.31. The fraction of sp³-hybridized carbons (Fsp3) is 0.286. The number of nitrogens with zero attached hydrogens (tertiary/aromatic N) is 2. The van der Waals surface area contributed by atoms with Crippen molar-refractivity contribution in [3.63, 3.8) is 0 Å². The van der Waals surface area contributed by atoms with Crippen LogP contribution in [0, 0.1) is 13.8 Å². The van der Waals surface area contributed by atoms with Crippen molar-refractivity contribution in [3.8, 4) is 0 Å². The number of amides is 3. The molecule has 0 atom stereocenters. The van der Waals surface area contributed by atoms with Crippen molar-refractivity contribution in [2.45, 2.75) is 33.7 Å². The zero-order chi connectivity index (χ0) is 21.8. The number of thiophene rings is 1. The smallest absolute Gasteiger partial charge is 0.261 e. The second kappa shape index (κ2) is 9.00. The van der Waals surface area contributed by atoms with Crippen molar-refractivity contribution in [2.24, 2.45) is 5.73 Å². The Labute approximate surface area is 177 Å². The van der Waals surface area contributed by atoms with E-state index in [0.29, 0.717) is 17.0 Å². The Balaban J connectivity index is 1.68. The van der Waals surface area contributed by atoms with Gasteiger partial charge in [-0.1, -0.05) is 19.1 Å². The zero-order valence-electron chi connectivity index (χ0n) is 17.0. The topological polar surface area (TPSA) is 127 Å². The van der Waals surface area contributed by atoms with E-state index in [0.717, 1.165) is 39.3 Å². The molecule has 9 heteroatoms. The van der Waals surface area contributed by atoms with Crippen LogP contribution in [0.3, 0.4) is 0 Å². The first kappa shape index (κ1) is 21.4. The molecule has 0 saturated heterocycles. The Hall–Kier alpha value is -3.33. The zero-order valence-corrected chi connectivity index (χ0v) is 17.9. The first-order chi connectivity index (χ1) is 14.3. The van der Waals surface area contributed by atoms with Gasteiger partial charge in [0.05, 0.1) is 11.4 Å². The van der Waals surface area contributed by atoms with E-state index in [2.05, 4.69) is 20.6 Å². The summed E-state index contributed by atoms with van der Waals surface area (Å²) < 4.78 is 0. The van der Waals surface area contributed by atoms with E-state index in [1.54, 1.807) is 24.3 Å². The molecular formula is C21H23N5O3S. The predicted molar refractivity (Wildman–Crippen MR) is 115 cm³/mol. The molecule has 0 saturated carbocycles. The number of nitrogens with one attached hydrogen (secondary N) is 2. The average Bonchev–Trinajstić information content (AvgIpc) is 3.07. The van der Waals surface area contributed by atoms with Gasteiger partial charge in [0.2, 0.25) is 5.91 Å². The van der Waals surface area contributed by atoms with Gasteiger partial charge in [-0.3, -0.25) is 14.4 Å². The number of fused-ring (bicyclic) bond motifs is 1. The lowest BCUT2D eigenvalue weighted by Gasteiger charge is -2.07. The van der Waals surface area contributed by atoms with Crippen molar-refractivity contribution < 1.29 is 14.4 Å². The number of nitrogens with two attached hydrogens (primary N) is 1. The largest absolute Gasteiger partial charge is 0.368 e. The van der Waals surface area contributed by atoms with Crippen LogP contribution in [0.15, 0.2) is 24.3 Å². The number of carbonyl (C=O) groups excluding carboxylic acids is 3. The Kier molecular flexibility index (Phi) is 6.41. The van der Waals surface area contributed by atoms with Crippen molar-refractivity contribution in [3.05, 3.63) is 57.4 Å². The predicted octanol–water partition coefficient (Wildman–Crippen LogP) is 2.02. The van der Waals surface area contributed by atoms with Crippen molar-refractivity contribution in [2.75, 3.05) is 6.54 Å². The molecule has 3 amide bonds. The third-order valence-corrected chi connectivity index (χ3v) is 5.82. The van der Waals surface area contributed by atoms with Crippen LogP contribution in [0.4, 0.5) is 0 Å². The lowest BCUT2D eigenvalue weighted by molar-refractivity contribution is -0.117. The quantitative estimate of drug-likeness (QED) is 0.534. The molecule has 0 aliphatic rings. The second-order valence-electron chi connectivity index (χ2n) is 6.84. The highest BCUT2D eigenvalue weighted by atomic mass is 32.1. The molecule has 8 nitrogen and oxygen atoms in total. The van der Waals surface area contributed by atoms with Gasteiger partial charge in [-0.25, -0.2) is 9.97 Å². The van der Waals surface area contributed by atoms with Gasteiger partial charge in [-0.15, -0.1) is 11.3 Å². The summed E-state index contributed by atoms with van der Waals surface area (Å²) in [6, 6.07) is 6.77. The number of hydrogen-bond donors (Lipinski definition) is 3. The molecule has 0 radical (unpaired) electrons. The number of primary amides is 1. The van der Waals surface area contributed by atoms with E-state index < -0.39 is 5.91 Å². The summed E-state index contributed by atoms with van der Waals surface area (Å²) in [6.07, 6.45) is 0.742. The lowest BCUT2D eigenvalue weighted by Crippen LogP contribution is -2.33. The number of hydrogen-bond acceptors (Lipinski definition) is 6. The molecule has 0 bridgehead atoms. The van der Waals surface area contributed by atoms with Gasteiger partial charge in [0.1, 0.15) is 10.7 Å². The van der Waals surface area contributed by atoms with Crippen LogP contribution in [-0.4, -0.2) is 34.2 Å². The maximum Gasteiger partial charge on any atom is 0.261 e. The van der Waals surface area contributed by atoms with Gasteiger partial charge in [0.25, 0.3) is 11.8 Å². The van der Waals surface area contributed by atoms with E-state index in [1.807, 2.05) is 20.8 Å². The molecule has 3 rings (SSSR count). The Morgan fingerprint density at radius 1 is 1.03 bits per heavy atom. The summed E-state index contributed by atoms with van der Waals surface area (Å²) in [5, 5.41) is 6.28. The molecule has 4 N–H and O–H groups in total. The Morgan fingerprint density at radius 3 is 2.37 bits per heavy atom. The molecule has 0 aliphatic heterocycles. The van der Waals surface area contributed by atoms with Crippen LogP contribution >= 0.6 is 11.3 Å². The highest BCUT2D eigenvalue weighted by molar-refractivity contribution is 7.20. The normalized spacial score (nSPS) is 10.8. The second-order valence-corrected chi connectivity index (χ2v) is 7.84. The number of benzene rings is 1. The Bertz CT molecular complexity index is 1120. The third kappa shape index (κ3) is 4.62. The van der Waals surface area contributed by atoms with Gasteiger partial charge in [-0.05, 0) is 37.1 Å². The average molecular weight is 426 g/mol. The minimum atomic E-state index is -0.605. The molecule has 3 aromatic rings. The van der Waals surface area contributed by atoms with Crippen LogP contribution in [0.25, 0.3) is 10.2 Å². The van der Waals surface area contributed by atoms with E-state index in [4.69, 9.17) is 5.73 Å².